The summed E-state index contributed by atoms with van der Waals surface area (Å²) in [6.45, 7) is 3.89. The van der Waals surface area contributed by atoms with Gasteiger partial charge in [-0.25, -0.2) is 4.68 Å². The van der Waals surface area contributed by atoms with Crippen molar-refractivity contribution in [1.82, 2.24) is 9.78 Å². The zero-order valence-electron chi connectivity index (χ0n) is 11.5. The van der Waals surface area contributed by atoms with E-state index in [-0.39, 0.29) is 5.56 Å². The van der Waals surface area contributed by atoms with Gasteiger partial charge < -0.3 is 0 Å². The monoisotopic (exact) mass is 330 g/mol. The molecule has 2 aromatic carbocycles. The molecule has 0 aliphatic rings. The first-order chi connectivity index (χ1) is 10.6. The zero-order chi connectivity index (χ0) is 15.7. The normalized spacial score (nSPS) is 11.8. The van der Waals surface area contributed by atoms with Gasteiger partial charge in [-0.05, 0) is 29.8 Å². The van der Waals surface area contributed by atoms with Gasteiger partial charge in [0.1, 0.15) is 0 Å². The quantitative estimate of drug-likeness (QED) is 0.770. The lowest BCUT2D eigenvalue weighted by Gasteiger charge is -2.04. The van der Waals surface area contributed by atoms with Crippen LogP contribution in [0.5, 0.6) is 0 Å². The van der Waals surface area contributed by atoms with Gasteiger partial charge >= 0.3 is 0 Å². The van der Waals surface area contributed by atoms with Crippen LogP contribution in [0, 0.1) is 0 Å². The lowest BCUT2D eigenvalue weighted by atomic mass is 10.2. The van der Waals surface area contributed by atoms with E-state index in [1.54, 1.807) is 24.3 Å². The minimum Gasteiger partial charge on any atom is -0.291 e. The van der Waals surface area contributed by atoms with Crippen molar-refractivity contribution in [3.8, 4) is 5.69 Å². The molecule has 0 amide bonds. The van der Waals surface area contributed by atoms with Crippen LogP contribution in [0.15, 0.2) is 53.3 Å². The molecule has 0 unspecified atom stereocenters. The first-order valence-corrected chi connectivity index (χ1v) is 7.34. The van der Waals surface area contributed by atoms with Crippen LogP contribution in [0.25, 0.3) is 18.3 Å². The topological polar surface area (TPSA) is 37.8 Å². The van der Waals surface area contributed by atoms with E-state index < -0.39 is 0 Å². The fourth-order valence-electron chi connectivity index (χ4n) is 2.19. The van der Waals surface area contributed by atoms with Crippen molar-refractivity contribution < 1.29 is 0 Å². The highest BCUT2D eigenvalue weighted by Gasteiger charge is 2.09. The second-order valence-electron chi connectivity index (χ2n) is 4.80. The molecular formula is C17H12Cl2N2O. The molecule has 0 saturated heterocycles. The van der Waals surface area contributed by atoms with E-state index in [1.807, 2.05) is 30.3 Å². The predicted octanol–water partition coefficient (Wildman–Crippen LogP) is 2.71. The Morgan fingerprint density at radius 2 is 1.82 bits per heavy atom. The summed E-state index contributed by atoms with van der Waals surface area (Å²) in [7, 11) is 0. The number of aromatic nitrogens is 2. The summed E-state index contributed by atoms with van der Waals surface area (Å²) in [4.78, 5) is 12.6. The van der Waals surface area contributed by atoms with Gasteiger partial charge in [-0.3, -0.25) is 9.89 Å². The Morgan fingerprint density at radius 3 is 2.55 bits per heavy atom. The van der Waals surface area contributed by atoms with Gasteiger partial charge in [0.05, 0.1) is 21.3 Å². The molecule has 0 aliphatic carbocycles. The van der Waals surface area contributed by atoms with Crippen molar-refractivity contribution in [1.29, 1.82) is 0 Å². The molecule has 1 heterocycles. The lowest BCUT2D eigenvalue weighted by Crippen LogP contribution is -2.34. The first-order valence-electron chi connectivity index (χ1n) is 6.58. The van der Waals surface area contributed by atoms with Crippen molar-refractivity contribution in [3.05, 3.63) is 85.1 Å². The molecule has 0 spiro atoms. The number of H-pyrrole nitrogens is 1. The third-order valence-corrected chi connectivity index (χ3v) is 3.82. The highest BCUT2D eigenvalue weighted by atomic mass is 35.5. The maximum absolute atomic E-state index is 12.6. The van der Waals surface area contributed by atoms with Crippen LogP contribution < -0.4 is 16.1 Å². The summed E-state index contributed by atoms with van der Waals surface area (Å²) in [5.41, 5.74) is 1.20. The second kappa shape index (κ2) is 5.87. The Bertz CT molecular complexity index is 988. The van der Waals surface area contributed by atoms with Gasteiger partial charge in [-0.1, -0.05) is 60.1 Å². The van der Waals surface area contributed by atoms with Crippen molar-refractivity contribution >= 4 is 35.9 Å². The molecule has 1 aromatic heterocycles. The number of hydrogen-bond donors (Lipinski definition) is 1. The average molecular weight is 331 g/mol. The first kappa shape index (κ1) is 14.7. The maximum Gasteiger partial charge on any atom is 0.279 e. The third-order valence-electron chi connectivity index (χ3n) is 3.27. The van der Waals surface area contributed by atoms with E-state index in [4.69, 9.17) is 23.2 Å². The number of aromatic amines is 1. The van der Waals surface area contributed by atoms with Crippen molar-refractivity contribution in [2.45, 2.75) is 0 Å². The molecule has 3 nitrogen and oxygen atoms in total. The smallest absolute Gasteiger partial charge is 0.279 e. The van der Waals surface area contributed by atoms with Gasteiger partial charge in [0, 0.05) is 5.02 Å². The van der Waals surface area contributed by atoms with E-state index in [0.717, 1.165) is 5.56 Å². The van der Waals surface area contributed by atoms with Crippen LogP contribution >= 0.6 is 23.2 Å². The van der Waals surface area contributed by atoms with E-state index in [2.05, 4.69) is 11.7 Å². The third kappa shape index (κ3) is 2.73. The summed E-state index contributed by atoms with van der Waals surface area (Å²) < 4.78 is 1.35. The molecule has 5 heteroatoms. The molecule has 0 radical (unpaired) electrons. The van der Waals surface area contributed by atoms with Crippen LogP contribution in [0.3, 0.4) is 0 Å². The minimum atomic E-state index is -0.224. The van der Waals surface area contributed by atoms with Crippen LogP contribution in [0.4, 0.5) is 0 Å². The average Bonchev–Trinajstić information content (AvgIpc) is 2.79. The van der Waals surface area contributed by atoms with Gasteiger partial charge in [-0.15, -0.1) is 0 Å². The molecule has 0 atom stereocenters. The Labute approximate surface area is 136 Å². The van der Waals surface area contributed by atoms with Crippen LogP contribution in [0.1, 0.15) is 5.56 Å². The van der Waals surface area contributed by atoms with Crippen molar-refractivity contribution in [2.75, 3.05) is 0 Å². The predicted molar refractivity (Wildman–Crippen MR) is 91.2 cm³/mol. The fraction of sp³-hybridized carbons (Fsp3) is 0. The van der Waals surface area contributed by atoms with E-state index in [0.29, 0.717) is 26.3 Å². The molecule has 0 aliphatic heterocycles. The van der Waals surface area contributed by atoms with Gasteiger partial charge in [-0.2, -0.15) is 0 Å². The number of nitrogens with zero attached hydrogens (tertiary/aromatic N) is 1. The molecule has 0 bridgehead atoms. The number of hydrogen-bond acceptors (Lipinski definition) is 1. The van der Waals surface area contributed by atoms with Gasteiger partial charge in [0.2, 0.25) is 0 Å². The largest absolute Gasteiger partial charge is 0.291 e. The minimum absolute atomic E-state index is 0.224. The summed E-state index contributed by atoms with van der Waals surface area (Å²) in [5.74, 6) is 0. The lowest BCUT2D eigenvalue weighted by molar-refractivity contribution is 0.839. The van der Waals surface area contributed by atoms with Crippen LogP contribution in [-0.4, -0.2) is 9.78 Å². The zero-order valence-corrected chi connectivity index (χ0v) is 13.0. The SMILES string of the molecule is C=c1[nH]n(-c2cc(Cl)ccc2Cl)c(=O)c1=Cc1ccccc1. The molecule has 3 aromatic rings. The molecule has 3 rings (SSSR count). The van der Waals surface area contributed by atoms with Gasteiger partial charge in [0.25, 0.3) is 5.56 Å². The Balaban J connectivity index is 2.24. The summed E-state index contributed by atoms with van der Waals surface area (Å²) in [6, 6.07) is 14.5. The number of halogens is 2. The Morgan fingerprint density at radius 1 is 1.09 bits per heavy atom. The van der Waals surface area contributed by atoms with Crippen molar-refractivity contribution in [3.63, 3.8) is 0 Å². The maximum atomic E-state index is 12.6. The van der Waals surface area contributed by atoms with Gasteiger partial charge in [0.15, 0.2) is 0 Å². The summed E-state index contributed by atoms with van der Waals surface area (Å²) >= 11 is 12.1. The molecule has 1 N–H and O–H groups in total. The molecule has 110 valence electrons. The number of rotatable bonds is 2. The summed E-state index contributed by atoms with van der Waals surface area (Å²) in [5, 5.41) is 4.87. The standard InChI is InChI=1S/C17H12Cl2N2O/c1-11-14(9-12-5-3-2-4-6-12)17(22)21(20-11)16-10-13(18)7-8-15(16)19/h2-10,20H,1H2. The van der Waals surface area contributed by atoms with E-state index >= 15 is 0 Å². The number of benzene rings is 2. The van der Waals surface area contributed by atoms with Crippen LogP contribution in [0.2, 0.25) is 10.0 Å². The van der Waals surface area contributed by atoms with E-state index in [9.17, 15) is 4.79 Å². The fourth-order valence-corrected chi connectivity index (χ4v) is 2.56. The molecule has 0 fully saturated rings. The molecule has 0 saturated carbocycles. The van der Waals surface area contributed by atoms with E-state index in [1.165, 1.54) is 4.68 Å². The van der Waals surface area contributed by atoms with Crippen molar-refractivity contribution in [2.24, 2.45) is 0 Å². The molecule has 22 heavy (non-hydrogen) atoms. The second-order valence-corrected chi connectivity index (χ2v) is 5.64. The number of nitrogens with one attached hydrogen (secondary N) is 1. The summed E-state index contributed by atoms with van der Waals surface area (Å²) in [6.07, 6.45) is 1.79. The Kier molecular flexibility index (Phi) is 3.92. The highest BCUT2D eigenvalue weighted by Crippen LogP contribution is 2.22. The molecular weight excluding hydrogens is 319 g/mol. The Hall–Kier alpha value is -2.23. The van der Waals surface area contributed by atoms with Crippen LogP contribution in [-0.2, 0) is 0 Å². The highest BCUT2D eigenvalue weighted by molar-refractivity contribution is 6.34.